The second-order valence-corrected chi connectivity index (χ2v) is 6.27. The summed E-state index contributed by atoms with van der Waals surface area (Å²) >= 11 is 0. The molecule has 1 atom stereocenters. The molecule has 0 aliphatic carbocycles. The Morgan fingerprint density at radius 3 is 2.54 bits per heavy atom. The first-order valence-electron chi connectivity index (χ1n) is 8.55. The van der Waals surface area contributed by atoms with E-state index in [9.17, 15) is 15.0 Å². The van der Waals surface area contributed by atoms with Crippen molar-refractivity contribution in [2.75, 3.05) is 13.2 Å². The Kier molecular flexibility index (Phi) is 4.18. The zero-order chi connectivity index (χ0) is 18.1. The van der Waals surface area contributed by atoms with Gasteiger partial charge in [-0.15, -0.1) is 0 Å². The van der Waals surface area contributed by atoms with Crippen molar-refractivity contribution in [2.24, 2.45) is 0 Å². The highest BCUT2D eigenvalue weighted by atomic mass is 16.3. The van der Waals surface area contributed by atoms with Gasteiger partial charge in [-0.1, -0.05) is 42.5 Å². The molecule has 6 heteroatoms. The first-order valence-corrected chi connectivity index (χ1v) is 8.55. The summed E-state index contributed by atoms with van der Waals surface area (Å²) in [4.78, 5) is 14.7. The molecular weight excluding hydrogens is 330 g/mol. The van der Waals surface area contributed by atoms with E-state index in [1.165, 1.54) is 0 Å². The van der Waals surface area contributed by atoms with Crippen molar-refractivity contribution in [3.8, 4) is 17.0 Å². The Labute approximate surface area is 150 Å². The number of hydrogen-bond donors (Lipinski definition) is 3. The highest BCUT2D eigenvalue weighted by Crippen LogP contribution is 2.44. The number of aliphatic hydroxyl groups excluding tert-OH is 1. The van der Waals surface area contributed by atoms with E-state index >= 15 is 0 Å². The number of phenolic OH excluding ortho intramolecular Hbond substituents is 1. The number of carbonyl (C=O) groups excluding carboxylic acids is 1. The molecule has 4 rings (SSSR count). The number of aromatic amines is 1. The summed E-state index contributed by atoms with van der Waals surface area (Å²) in [5, 5.41) is 26.7. The molecule has 3 aromatic rings. The van der Waals surface area contributed by atoms with Gasteiger partial charge in [0.05, 0.1) is 6.04 Å². The number of para-hydroxylation sites is 1. The minimum Gasteiger partial charge on any atom is -0.507 e. The van der Waals surface area contributed by atoms with Crippen LogP contribution in [0.5, 0.6) is 5.75 Å². The average molecular weight is 349 g/mol. The first kappa shape index (κ1) is 16.4. The van der Waals surface area contributed by atoms with E-state index in [0.717, 1.165) is 11.1 Å². The van der Waals surface area contributed by atoms with Crippen molar-refractivity contribution in [3.63, 3.8) is 0 Å². The molecule has 0 radical (unpaired) electrons. The number of H-pyrrole nitrogens is 1. The Balaban J connectivity index is 1.88. The quantitative estimate of drug-likeness (QED) is 0.661. The topological polar surface area (TPSA) is 89.5 Å². The SMILES string of the molecule is O=C1c2[nH]nc(-c3ccccc3O)c2[C@H](c2ccccc2)N1CCCO. The summed E-state index contributed by atoms with van der Waals surface area (Å²) in [5.74, 6) is -0.0219. The monoisotopic (exact) mass is 349 g/mol. The van der Waals surface area contributed by atoms with E-state index in [0.29, 0.717) is 29.9 Å². The lowest BCUT2D eigenvalue weighted by Gasteiger charge is -2.26. The minimum absolute atomic E-state index is 0.0177. The predicted octanol–water partition coefficient (Wildman–Crippen LogP) is 2.71. The molecule has 0 saturated carbocycles. The molecule has 0 fully saturated rings. The third-order valence-electron chi connectivity index (χ3n) is 4.70. The Hall–Kier alpha value is -3.12. The molecule has 0 saturated heterocycles. The van der Waals surface area contributed by atoms with Gasteiger partial charge >= 0.3 is 0 Å². The smallest absolute Gasteiger partial charge is 0.273 e. The number of amides is 1. The number of fused-ring (bicyclic) bond motifs is 1. The average Bonchev–Trinajstić information content (AvgIpc) is 3.20. The van der Waals surface area contributed by atoms with Crippen molar-refractivity contribution >= 4 is 5.91 Å². The van der Waals surface area contributed by atoms with Crippen LogP contribution >= 0.6 is 0 Å². The van der Waals surface area contributed by atoms with E-state index in [2.05, 4.69) is 10.2 Å². The molecule has 2 aromatic carbocycles. The Morgan fingerprint density at radius 2 is 1.81 bits per heavy atom. The molecule has 3 N–H and O–H groups in total. The van der Waals surface area contributed by atoms with Gasteiger partial charge in [-0.05, 0) is 24.1 Å². The number of aromatic hydroxyl groups is 1. The molecule has 1 aliphatic rings. The molecule has 1 aromatic heterocycles. The molecule has 0 bridgehead atoms. The van der Waals surface area contributed by atoms with Crippen molar-refractivity contribution in [3.05, 3.63) is 71.4 Å². The van der Waals surface area contributed by atoms with Crippen molar-refractivity contribution < 1.29 is 15.0 Å². The molecule has 6 nitrogen and oxygen atoms in total. The Morgan fingerprint density at radius 1 is 1.08 bits per heavy atom. The Bertz CT molecular complexity index is 936. The molecule has 132 valence electrons. The summed E-state index contributed by atoms with van der Waals surface area (Å²) in [6.45, 7) is 0.460. The predicted molar refractivity (Wildman–Crippen MR) is 96.7 cm³/mol. The van der Waals surface area contributed by atoms with Crippen LogP contribution in [0.1, 0.15) is 34.1 Å². The standard InChI is InChI=1S/C20H19N3O3/c24-12-6-11-23-19(13-7-2-1-3-8-13)16-17(21-22-18(16)20(23)26)14-9-4-5-10-15(14)25/h1-5,7-10,19,24-25H,6,11-12H2,(H,21,22)/t19-/m0/s1. The van der Waals surface area contributed by atoms with Gasteiger partial charge in [0.2, 0.25) is 0 Å². The summed E-state index contributed by atoms with van der Waals surface area (Å²) in [7, 11) is 0. The van der Waals surface area contributed by atoms with Gasteiger partial charge in [0.25, 0.3) is 5.91 Å². The van der Waals surface area contributed by atoms with Crippen LogP contribution in [-0.4, -0.2) is 44.4 Å². The van der Waals surface area contributed by atoms with Gasteiger partial charge in [-0.2, -0.15) is 5.10 Å². The fourth-order valence-electron chi connectivity index (χ4n) is 3.53. The first-order chi connectivity index (χ1) is 12.7. The van der Waals surface area contributed by atoms with Crippen LogP contribution in [0.15, 0.2) is 54.6 Å². The summed E-state index contributed by atoms with van der Waals surface area (Å²) in [5.41, 5.74) is 3.33. The van der Waals surface area contributed by atoms with Gasteiger partial charge in [0, 0.05) is 24.3 Å². The zero-order valence-corrected chi connectivity index (χ0v) is 14.1. The van der Waals surface area contributed by atoms with E-state index in [1.807, 2.05) is 36.4 Å². The van der Waals surface area contributed by atoms with Gasteiger partial charge in [-0.3, -0.25) is 9.89 Å². The third-order valence-corrected chi connectivity index (χ3v) is 4.70. The molecule has 0 unspecified atom stereocenters. The van der Waals surface area contributed by atoms with Crippen LogP contribution in [0.4, 0.5) is 0 Å². The number of nitrogens with one attached hydrogen (secondary N) is 1. The second-order valence-electron chi connectivity index (χ2n) is 6.27. The number of carbonyl (C=O) groups is 1. The molecule has 1 aliphatic heterocycles. The van der Waals surface area contributed by atoms with Gasteiger partial charge in [0.1, 0.15) is 17.1 Å². The fraction of sp³-hybridized carbons (Fsp3) is 0.200. The summed E-state index contributed by atoms with van der Waals surface area (Å²) in [6.07, 6.45) is 0.499. The van der Waals surface area contributed by atoms with Crippen LogP contribution < -0.4 is 0 Å². The zero-order valence-electron chi connectivity index (χ0n) is 14.1. The number of benzene rings is 2. The normalized spacial score (nSPS) is 16.1. The lowest BCUT2D eigenvalue weighted by molar-refractivity contribution is 0.0732. The molecular formula is C20H19N3O3. The van der Waals surface area contributed by atoms with Crippen LogP contribution in [0.3, 0.4) is 0 Å². The molecule has 1 amide bonds. The fourth-order valence-corrected chi connectivity index (χ4v) is 3.53. The van der Waals surface area contributed by atoms with Crippen molar-refractivity contribution in [1.82, 2.24) is 15.1 Å². The third kappa shape index (κ3) is 2.55. The van der Waals surface area contributed by atoms with E-state index in [-0.39, 0.29) is 24.3 Å². The van der Waals surface area contributed by atoms with Crippen LogP contribution in [0, 0.1) is 0 Å². The minimum atomic E-state index is -0.307. The molecule has 26 heavy (non-hydrogen) atoms. The van der Waals surface area contributed by atoms with Crippen LogP contribution in [0.25, 0.3) is 11.3 Å². The largest absolute Gasteiger partial charge is 0.507 e. The van der Waals surface area contributed by atoms with E-state index in [4.69, 9.17) is 0 Å². The summed E-state index contributed by atoms with van der Waals surface area (Å²) < 4.78 is 0. The number of rotatable bonds is 5. The van der Waals surface area contributed by atoms with Crippen LogP contribution in [-0.2, 0) is 0 Å². The lowest BCUT2D eigenvalue weighted by Crippen LogP contribution is -2.31. The van der Waals surface area contributed by atoms with Crippen LogP contribution in [0.2, 0.25) is 0 Å². The van der Waals surface area contributed by atoms with Gasteiger partial charge in [0.15, 0.2) is 0 Å². The molecule has 0 spiro atoms. The number of aliphatic hydroxyl groups is 1. The number of hydrogen-bond acceptors (Lipinski definition) is 4. The van der Waals surface area contributed by atoms with E-state index in [1.54, 1.807) is 23.1 Å². The van der Waals surface area contributed by atoms with Gasteiger partial charge in [-0.25, -0.2) is 0 Å². The van der Waals surface area contributed by atoms with Crippen molar-refractivity contribution in [1.29, 1.82) is 0 Å². The molecule has 2 heterocycles. The summed E-state index contributed by atoms with van der Waals surface area (Å²) in [6, 6.07) is 16.4. The highest BCUT2D eigenvalue weighted by Gasteiger charge is 2.42. The highest BCUT2D eigenvalue weighted by molar-refractivity contribution is 6.00. The maximum Gasteiger partial charge on any atom is 0.273 e. The van der Waals surface area contributed by atoms with Crippen molar-refractivity contribution in [2.45, 2.75) is 12.5 Å². The maximum atomic E-state index is 12.9. The van der Waals surface area contributed by atoms with Gasteiger partial charge < -0.3 is 15.1 Å². The number of aromatic nitrogens is 2. The number of nitrogens with zero attached hydrogens (tertiary/aromatic N) is 2. The number of phenols is 1. The second kappa shape index (κ2) is 6.65. The van der Waals surface area contributed by atoms with E-state index < -0.39 is 0 Å². The lowest BCUT2D eigenvalue weighted by atomic mass is 9.96. The maximum absolute atomic E-state index is 12.9.